The van der Waals surface area contributed by atoms with Gasteiger partial charge in [0.2, 0.25) is 0 Å². The van der Waals surface area contributed by atoms with Crippen LogP contribution in [0.3, 0.4) is 0 Å². The van der Waals surface area contributed by atoms with Crippen LogP contribution in [0.5, 0.6) is 0 Å². The fraction of sp³-hybridized carbons (Fsp3) is 0.600. The van der Waals surface area contributed by atoms with E-state index in [0.29, 0.717) is 11.8 Å². The average molecular weight is 164 g/mol. The molecule has 1 heterocycles. The molecule has 0 saturated heterocycles. The molecule has 0 aliphatic rings. The summed E-state index contributed by atoms with van der Waals surface area (Å²) in [5, 5.41) is 0. The summed E-state index contributed by atoms with van der Waals surface area (Å²) in [7, 11) is 0. The molecule has 0 aliphatic heterocycles. The summed E-state index contributed by atoms with van der Waals surface area (Å²) in [6, 6.07) is 2.01. The SMILES string of the molecule is CCC(c1ccncn1)C(C)C. The van der Waals surface area contributed by atoms with E-state index in [1.54, 1.807) is 6.33 Å². The maximum atomic E-state index is 4.26. The zero-order valence-corrected chi connectivity index (χ0v) is 7.99. The van der Waals surface area contributed by atoms with Crippen LogP contribution in [0.4, 0.5) is 0 Å². The highest BCUT2D eigenvalue weighted by Crippen LogP contribution is 2.24. The Morgan fingerprint density at radius 1 is 1.42 bits per heavy atom. The lowest BCUT2D eigenvalue weighted by Gasteiger charge is -2.17. The average Bonchev–Trinajstić information content (AvgIpc) is 2.07. The molecule has 66 valence electrons. The van der Waals surface area contributed by atoms with Crippen LogP contribution in [-0.2, 0) is 0 Å². The molecular formula is C10H16N2. The van der Waals surface area contributed by atoms with Crippen LogP contribution in [0, 0.1) is 5.92 Å². The first kappa shape index (κ1) is 9.17. The van der Waals surface area contributed by atoms with Crippen molar-refractivity contribution < 1.29 is 0 Å². The number of hydrogen-bond donors (Lipinski definition) is 0. The summed E-state index contributed by atoms with van der Waals surface area (Å²) in [6.07, 6.45) is 4.59. The molecule has 2 nitrogen and oxygen atoms in total. The summed E-state index contributed by atoms with van der Waals surface area (Å²) < 4.78 is 0. The number of nitrogens with zero attached hydrogens (tertiary/aromatic N) is 2. The Kier molecular flexibility index (Phi) is 3.20. The van der Waals surface area contributed by atoms with Gasteiger partial charge < -0.3 is 0 Å². The van der Waals surface area contributed by atoms with Crippen molar-refractivity contribution in [1.82, 2.24) is 9.97 Å². The van der Waals surface area contributed by atoms with E-state index in [9.17, 15) is 0 Å². The molecule has 0 saturated carbocycles. The van der Waals surface area contributed by atoms with Crippen molar-refractivity contribution in [3.8, 4) is 0 Å². The van der Waals surface area contributed by atoms with Gasteiger partial charge in [-0.25, -0.2) is 9.97 Å². The maximum absolute atomic E-state index is 4.26. The summed E-state index contributed by atoms with van der Waals surface area (Å²) >= 11 is 0. The van der Waals surface area contributed by atoms with Crippen molar-refractivity contribution in [3.05, 3.63) is 24.3 Å². The minimum Gasteiger partial charge on any atom is -0.245 e. The first-order valence-corrected chi connectivity index (χ1v) is 4.51. The molecular weight excluding hydrogens is 148 g/mol. The monoisotopic (exact) mass is 164 g/mol. The summed E-state index contributed by atoms with van der Waals surface area (Å²) in [4.78, 5) is 8.17. The smallest absolute Gasteiger partial charge is 0.115 e. The molecule has 0 radical (unpaired) electrons. The Bertz CT molecular complexity index is 219. The Labute approximate surface area is 74.1 Å². The topological polar surface area (TPSA) is 25.8 Å². The molecule has 0 amide bonds. The van der Waals surface area contributed by atoms with Crippen LogP contribution in [0.2, 0.25) is 0 Å². The maximum Gasteiger partial charge on any atom is 0.115 e. The van der Waals surface area contributed by atoms with Crippen molar-refractivity contribution >= 4 is 0 Å². The van der Waals surface area contributed by atoms with E-state index >= 15 is 0 Å². The van der Waals surface area contributed by atoms with Crippen LogP contribution in [0.15, 0.2) is 18.6 Å². The highest BCUT2D eigenvalue weighted by molar-refractivity contribution is 5.06. The molecule has 0 aromatic carbocycles. The lowest BCUT2D eigenvalue weighted by Crippen LogP contribution is -2.07. The number of rotatable bonds is 3. The summed E-state index contributed by atoms with van der Waals surface area (Å²) in [5.74, 6) is 1.23. The first-order valence-electron chi connectivity index (χ1n) is 4.51. The highest BCUT2D eigenvalue weighted by Gasteiger charge is 2.13. The van der Waals surface area contributed by atoms with E-state index in [4.69, 9.17) is 0 Å². The van der Waals surface area contributed by atoms with Crippen molar-refractivity contribution in [2.24, 2.45) is 5.92 Å². The van der Waals surface area contributed by atoms with Gasteiger partial charge in [0.25, 0.3) is 0 Å². The second kappa shape index (κ2) is 4.19. The Morgan fingerprint density at radius 3 is 2.58 bits per heavy atom. The molecule has 1 aromatic heterocycles. The largest absolute Gasteiger partial charge is 0.245 e. The molecule has 1 unspecified atom stereocenters. The zero-order valence-electron chi connectivity index (χ0n) is 7.99. The van der Waals surface area contributed by atoms with E-state index in [0.717, 1.165) is 6.42 Å². The minimum absolute atomic E-state index is 0.577. The minimum atomic E-state index is 0.577. The molecule has 12 heavy (non-hydrogen) atoms. The van der Waals surface area contributed by atoms with E-state index in [1.807, 2.05) is 12.3 Å². The van der Waals surface area contributed by atoms with Crippen molar-refractivity contribution in [2.75, 3.05) is 0 Å². The van der Waals surface area contributed by atoms with Gasteiger partial charge in [-0.3, -0.25) is 0 Å². The second-order valence-electron chi connectivity index (χ2n) is 3.39. The van der Waals surface area contributed by atoms with Gasteiger partial charge in [0.1, 0.15) is 6.33 Å². The van der Waals surface area contributed by atoms with Crippen LogP contribution in [0.1, 0.15) is 38.8 Å². The molecule has 0 aliphatic carbocycles. The highest BCUT2D eigenvalue weighted by atomic mass is 14.8. The van der Waals surface area contributed by atoms with E-state index in [-0.39, 0.29) is 0 Å². The van der Waals surface area contributed by atoms with Crippen LogP contribution >= 0.6 is 0 Å². The quantitative estimate of drug-likeness (QED) is 0.686. The Hall–Kier alpha value is -0.920. The fourth-order valence-corrected chi connectivity index (χ4v) is 1.54. The molecule has 0 bridgehead atoms. The first-order chi connectivity index (χ1) is 5.75. The van der Waals surface area contributed by atoms with E-state index in [1.165, 1.54) is 5.69 Å². The van der Waals surface area contributed by atoms with Crippen molar-refractivity contribution in [1.29, 1.82) is 0 Å². The normalized spacial score (nSPS) is 13.3. The van der Waals surface area contributed by atoms with E-state index in [2.05, 4.69) is 30.7 Å². The molecule has 1 aromatic rings. The Balaban J connectivity index is 2.80. The van der Waals surface area contributed by atoms with Gasteiger partial charge in [0.05, 0.1) is 0 Å². The van der Waals surface area contributed by atoms with Gasteiger partial charge in [-0.05, 0) is 18.4 Å². The van der Waals surface area contributed by atoms with Crippen molar-refractivity contribution in [3.63, 3.8) is 0 Å². The predicted octanol–water partition coefficient (Wildman–Crippen LogP) is 2.63. The summed E-state index contributed by atoms with van der Waals surface area (Å²) in [5.41, 5.74) is 1.17. The van der Waals surface area contributed by atoms with Gasteiger partial charge in [0, 0.05) is 17.8 Å². The van der Waals surface area contributed by atoms with Crippen molar-refractivity contribution in [2.45, 2.75) is 33.1 Å². The fourth-order valence-electron chi connectivity index (χ4n) is 1.54. The van der Waals surface area contributed by atoms with Gasteiger partial charge in [0.15, 0.2) is 0 Å². The molecule has 1 atom stereocenters. The van der Waals surface area contributed by atoms with Crippen LogP contribution in [0.25, 0.3) is 0 Å². The molecule has 1 rings (SSSR count). The van der Waals surface area contributed by atoms with Crippen LogP contribution < -0.4 is 0 Å². The Morgan fingerprint density at radius 2 is 2.17 bits per heavy atom. The number of hydrogen-bond acceptors (Lipinski definition) is 2. The van der Waals surface area contributed by atoms with Gasteiger partial charge in [-0.1, -0.05) is 20.8 Å². The third-order valence-electron chi connectivity index (χ3n) is 2.23. The van der Waals surface area contributed by atoms with Crippen LogP contribution in [-0.4, -0.2) is 9.97 Å². The van der Waals surface area contributed by atoms with Gasteiger partial charge in [-0.2, -0.15) is 0 Å². The summed E-state index contributed by atoms with van der Waals surface area (Å²) in [6.45, 7) is 6.67. The van der Waals surface area contributed by atoms with Gasteiger partial charge in [-0.15, -0.1) is 0 Å². The molecule has 0 spiro atoms. The van der Waals surface area contributed by atoms with E-state index < -0.39 is 0 Å². The lowest BCUT2D eigenvalue weighted by molar-refractivity contribution is 0.474. The van der Waals surface area contributed by atoms with Gasteiger partial charge >= 0.3 is 0 Å². The predicted molar refractivity (Wildman–Crippen MR) is 49.9 cm³/mol. The lowest BCUT2D eigenvalue weighted by atomic mass is 9.90. The third kappa shape index (κ3) is 2.03. The third-order valence-corrected chi connectivity index (χ3v) is 2.23. The zero-order chi connectivity index (χ0) is 8.97. The second-order valence-corrected chi connectivity index (χ2v) is 3.39. The molecule has 2 heteroatoms. The standard InChI is InChI=1S/C10H16N2/c1-4-9(8(2)3)10-5-6-11-7-12-10/h5-9H,4H2,1-3H3. The molecule has 0 N–H and O–H groups in total. The number of aromatic nitrogens is 2. The molecule has 0 fully saturated rings.